The first kappa shape index (κ1) is 15.7. The summed E-state index contributed by atoms with van der Waals surface area (Å²) in [5.41, 5.74) is 1.43. The van der Waals surface area contributed by atoms with Gasteiger partial charge in [0.2, 0.25) is 0 Å². The number of carbonyl (C=O) groups excluding carboxylic acids is 1. The van der Waals surface area contributed by atoms with Gasteiger partial charge in [0.15, 0.2) is 0 Å². The minimum absolute atomic E-state index is 0.219. The second-order valence-electron chi connectivity index (χ2n) is 5.19. The molecule has 19 heavy (non-hydrogen) atoms. The van der Waals surface area contributed by atoms with Crippen molar-refractivity contribution in [3.8, 4) is 0 Å². The SMILES string of the molecule is [O]C(=O)CCCCCCCCCCc1ccccc1. The van der Waals surface area contributed by atoms with E-state index in [9.17, 15) is 9.90 Å². The van der Waals surface area contributed by atoms with Gasteiger partial charge in [-0.25, -0.2) is 9.90 Å². The minimum atomic E-state index is -0.916. The van der Waals surface area contributed by atoms with E-state index in [-0.39, 0.29) is 6.42 Å². The third-order valence-corrected chi connectivity index (χ3v) is 3.44. The molecule has 0 heterocycles. The van der Waals surface area contributed by atoms with Crippen LogP contribution in [0.15, 0.2) is 30.3 Å². The highest BCUT2D eigenvalue weighted by Gasteiger charge is 1.98. The van der Waals surface area contributed by atoms with Gasteiger partial charge in [-0.3, -0.25) is 0 Å². The van der Waals surface area contributed by atoms with Crippen molar-refractivity contribution in [3.63, 3.8) is 0 Å². The average Bonchev–Trinajstić information content (AvgIpc) is 2.42. The Morgan fingerprint density at radius 3 is 1.84 bits per heavy atom. The summed E-state index contributed by atoms with van der Waals surface area (Å²) in [7, 11) is 0. The molecule has 0 unspecified atom stereocenters. The minimum Gasteiger partial charge on any atom is -0.247 e. The largest absolute Gasteiger partial charge is 0.355 e. The van der Waals surface area contributed by atoms with Crippen LogP contribution in [-0.2, 0) is 16.3 Å². The Kier molecular flexibility index (Phi) is 8.78. The predicted molar refractivity (Wildman–Crippen MR) is 77.4 cm³/mol. The molecule has 0 spiro atoms. The van der Waals surface area contributed by atoms with Crippen LogP contribution in [0, 0.1) is 0 Å². The molecular weight excluding hydrogens is 236 g/mol. The Morgan fingerprint density at radius 2 is 1.26 bits per heavy atom. The van der Waals surface area contributed by atoms with E-state index < -0.39 is 5.97 Å². The quantitative estimate of drug-likeness (QED) is 0.532. The Hall–Kier alpha value is -1.31. The Morgan fingerprint density at radius 1 is 0.737 bits per heavy atom. The summed E-state index contributed by atoms with van der Waals surface area (Å²) in [6, 6.07) is 10.6. The van der Waals surface area contributed by atoms with Crippen LogP contribution < -0.4 is 0 Å². The molecule has 0 bridgehead atoms. The van der Waals surface area contributed by atoms with E-state index in [2.05, 4.69) is 30.3 Å². The lowest BCUT2D eigenvalue weighted by atomic mass is 10.0. The van der Waals surface area contributed by atoms with Crippen LogP contribution in [0.25, 0.3) is 0 Å². The fourth-order valence-corrected chi connectivity index (χ4v) is 2.30. The zero-order valence-corrected chi connectivity index (χ0v) is 11.8. The molecule has 2 heteroatoms. The lowest BCUT2D eigenvalue weighted by molar-refractivity contribution is -0.143. The highest BCUT2D eigenvalue weighted by Crippen LogP contribution is 2.11. The number of benzene rings is 1. The summed E-state index contributed by atoms with van der Waals surface area (Å²) < 4.78 is 0. The van der Waals surface area contributed by atoms with Crippen molar-refractivity contribution in [1.82, 2.24) is 0 Å². The summed E-state index contributed by atoms with van der Waals surface area (Å²) >= 11 is 0. The van der Waals surface area contributed by atoms with Crippen LogP contribution in [-0.4, -0.2) is 5.97 Å². The van der Waals surface area contributed by atoms with E-state index in [4.69, 9.17) is 0 Å². The highest BCUT2D eigenvalue weighted by molar-refractivity contribution is 5.66. The molecule has 0 aliphatic heterocycles. The predicted octanol–water partition coefficient (Wildman–Crippen LogP) is 4.70. The van der Waals surface area contributed by atoms with Crippen molar-refractivity contribution in [2.24, 2.45) is 0 Å². The van der Waals surface area contributed by atoms with E-state index in [1.807, 2.05) is 0 Å². The molecule has 0 aliphatic carbocycles. The molecule has 0 saturated carbocycles. The van der Waals surface area contributed by atoms with Crippen LogP contribution in [0.4, 0.5) is 0 Å². The number of hydrogen-bond donors (Lipinski definition) is 0. The third kappa shape index (κ3) is 9.29. The molecule has 0 atom stereocenters. The number of rotatable bonds is 11. The standard InChI is InChI=1S/C17H25O2/c18-17(19)15-11-6-4-2-1-3-5-8-12-16-13-9-7-10-14-16/h7,9-10,13-14H,1-6,8,11-12,15H2. The first-order valence-corrected chi connectivity index (χ1v) is 7.53. The zero-order valence-electron chi connectivity index (χ0n) is 11.8. The van der Waals surface area contributed by atoms with Gasteiger partial charge in [0.25, 0.3) is 0 Å². The normalized spacial score (nSPS) is 10.5. The van der Waals surface area contributed by atoms with Gasteiger partial charge in [-0.05, 0) is 24.8 Å². The van der Waals surface area contributed by atoms with Gasteiger partial charge in [0.1, 0.15) is 0 Å². The summed E-state index contributed by atoms with van der Waals surface area (Å²) in [5.74, 6) is -0.916. The molecule has 1 rings (SSSR count). The molecule has 2 nitrogen and oxygen atoms in total. The van der Waals surface area contributed by atoms with Crippen molar-refractivity contribution < 1.29 is 9.90 Å². The van der Waals surface area contributed by atoms with Crippen molar-refractivity contribution >= 4 is 5.97 Å². The Bertz CT molecular complexity index is 332. The molecule has 0 amide bonds. The fraction of sp³-hybridized carbons (Fsp3) is 0.588. The molecule has 1 aromatic rings. The van der Waals surface area contributed by atoms with Crippen LogP contribution in [0.1, 0.15) is 63.4 Å². The summed E-state index contributed by atoms with van der Waals surface area (Å²) in [6.07, 6.45) is 10.7. The average molecular weight is 261 g/mol. The number of aryl methyl sites for hydroxylation is 1. The number of hydrogen-bond acceptors (Lipinski definition) is 1. The maximum absolute atomic E-state index is 10.2. The third-order valence-electron chi connectivity index (χ3n) is 3.44. The zero-order chi connectivity index (χ0) is 13.8. The monoisotopic (exact) mass is 261 g/mol. The van der Waals surface area contributed by atoms with Gasteiger partial charge in [-0.15, -0.1) is 0 Å². The van der Waals surface area contributed by atoms with Crippen LogP contribution in [0.3, 0.4) is 0 Å². The van der Waals surface area contributed by atoms with E-state index in [0.29, 0.717) is 0 Å². The second kappa shape index (κ2) is 10.6. The molecular formula is C17H25O2. The van der Waals surface area contributed by atoms with Gasteiger partial charge in [-0.2, -0.15) is 0 Å². The van der Waals surface area contributed by atoms with E-state index >= 15 is 0 Å². The highest BCUT2D eigenvalue weighted by atomic mass is 16.4. The summed E-state index contributed by atoms with van der Waals surface area (Å²) in [6.45, 7) is 0. The number of carbonyl (C=O) groups is 1. The van der Waals surface area contributed by atoms with Gasteiger partial charge in [0, 0.05) is 0 Å². The van der Waals surface area contributed by atoms with E-state index in [0.717, 1.165) is 19.3 Å². The van der Waals surface area contributed by atoms with Crippen LogP contribution in [0.2, 0.25) is 0 Å². The molecule has 0 aromatic heterocycles. The van der Waals surface area contributed by atoms with Gasteiger partial charge >= 0.3 is 5.97 Å². The van der Waals surface area contributed by atoms with Crippen molar-refractivity contribution in [3.05, 3.63) is 35.9 Å². The van der Waals surface area contributed by atoms with Gasteiger partial charge in [-0.1, -0.05) is 68.9 Å². The Balaban J connectivity index is 1.83. The van der Waals surface area contributed by atoms with Crippen LogP contribution >= 0.6 is 0 Å². The molecule has 0 saturated heterocycles. The molecule has 1 aromatic carbocycles. The maximum Gasteiger partial charge on any atom is 0.355 e. The number of unbranched alkanes of at least 4 members (excludes halogenated alkanes) is 7. The topological polar surface area (TPSA) is 37.0 Å². The molecule has 0 aliphatic rings. The molecule has 1 radical (unpaired) electrons. The lowest BCUT2D eigenvalue weighted by Gasteiger charge is -2.02. The summed E-state index contributed by atoms with van der Waals surface area (Å²) in [4.78, 5) is 10.2. The fourth-order valence-electron chi connectivity index (χ4n) is 2.30. The second-order valence-corrected chi connectivity index (χ2v) is 5.19. The molecule has 0 N–H and O–H groups in total. The lowest BCUT2D eigenvalue weighted by Crippen LogP contribution is -1.91. The summed E-state index contributed by atoms with van der Waals surface area (Å²) in [5, 5.41) is 10.2. The first-order chi connectivity index (χ1) is 9.29. The maximum atomic E-state index is 10.2. The van der Waals surface area contributed by atoms with Crippen LogP contribution in [0.5, 0.6) is 0 Å². The van der Waals surface area contributed by atoms with Gasteiger partial charge < -0.3 is 0 Å². The van der Waals surface area contributed by atoms with Crippen molar-refractivity contribution in [2.45, 2.75) is 64.2 Å². The van der Waals surface area contributed by atoms with Crippen molar-refractivity contribution in [2.75, 3.05) is 0 Å². The Labute approximate surface area is 116 Å². The van der Waals surface area contributed by atoms with E-state index in [1.165, 1.54) is 44.1 Å². The molecule has 105 valence electrons. The van der Waals surface area contributed by atoms with E-state index in [1.54, 1.807) is 0 Å². The van der Waals surface area contributed by atoms with Gasteiger partial charge in [0.05, 0.1) is 6.42 Å². The van der Waals surface area contributed by atoms with Crippen molar-refractivity contribution in [1.29, 1.82) is 0 Å². The smallest absolute Gasteiger partial charge is 0.247 e. The first-order valence-electron chi connectivity index (χ1n) is 7.53. The molecule has 0 fully saturated rings.